The second-order valence-corrected chi connectivity index (χ2v) is 7.50. The van der Waals surface area contributed by atoms with Crippen LogP contribution in [0.15, 0.2) is 36.4 Å². The quantitative estimate of drug-likeness (QED) is 0.549. The molecule has 0 aromatic heterocycles. The lowest BCUT2D eigenvalue weighted by Gasteiger charge is -2.23. The number of hydrogen-bond acceptors (Lipinski definition) is 3. The Balaban J connectivity index is 0.00000261. The first kappa shape index (κ1) is 22.2. The van der Waals surface area contributed by atoms with Crippen LogP contribution in [0.4, 0.5) is 0 Å². The average Bonchev–Trinajstić information content (AvgIpc) is 2.67. The molecule has 0 unspecified atom stereocenters. The van der Waals surface area contributed by atoms with E-state index in [1.165, 1.54) is 37.7 Å². The maximum absolute atomic E-state index is 6.21. The third-order valence-electron chi connectivity index (χ3n) is 4.86. The molecule has 1 fully saturated rings. The fraction of sp³-hybridized carbons (Fsp3) is 0.429. The van der Waals surface area contributed by atoms with E-state index in [-0.39, 0.29) is 12.4 Å². The summed E-state index contributed by atoms with van der Waals surface area (Å²) in [4.78, 5) is 0. The van der Waals surface area contributed by atoms with Gasteiger partial charge in [0.05, 0.1) is 7.11 Å². The van der Waals surface area contributed by atoms with E-state index in [0.717, 1.165) is 17.9 Å². The molecule has 1 N–H and O–H groups in total. The van der Waals surface area contributed by atoms with Crippen molar-refractivity contribution in [1.29, 1.82) is 0 Å². The van der Waals surface area contributed by atoms with Crippen LogP contribution in [0.5, 0.6) is 11.5 Å². The van der Waals surface area contributed by atoms with Gasteiger partial charge in [0.2, 0.25) is 0 Å². The van der Waals surface area contributed by atoms with Crippen LogP contribution in [0.25, 0.3) is 0 Å². The van der Waals surface area contributed by atoms with Gasteiger partial charge in [-0.2, -0.15) is 0 Å². The van der Waals surface area contributed by atoms with Crippen LogP contribution in [-0.4, -0.2) is 13.2 Å². The first-order chi connectivity index (χ1) is 12.7. The van der Waals surface area contributed by atoms with Crippen LogP contribution in [0.2, 0.25) is 10.0 Å². The van der Waals surface area contributed by atoms with Gasteiger partial charge in [-0.3, -0.25) is 0 Å². The predicted molar refractivity (Wildman–Crippen MR) is 115 cm³/mol. The van der Waals surface area contributed by atoms with Crippen molar-refractivity contribution in [3.05, 3.63) is 57.6 Å². The molecule has 0 aliphatic heterocycles. The highest BCUT2D eigenvalue weighted by Gasteiger charge is 2.14. The van der Waals surface area contributed by atoms with E-state index in [4.69, 9.17) is 32.7 Å². The second-order valence-electron chi connectivity index (χ2n) is 6.69. The van der Waals surface area contributed by atoms with Gasteiger partial charge in [0.25, 0.3) is 0 Å². The minimum atomic E-state index is 0. The van der Waals surface area contributed by atoms with Crippen LogP contribution >= 0.6 is 35.6 Å². The fourth-order valence-electron chi connectivity index (χ4n) is 3.33. The van der Waals surface area contributed by atoms with E-state index in [1.807, 2.05) is 30.3 Å². The molecule has 0 radical (unpaired) electrons. The Morgan fingerprint density at radius 2 is 1.70 bits per heavy atom. The third-order valence-corrected chi connectivity index (χ3v) is 5.57. The first-order valence-corrected chi connectivity index (χ1v) is 9.89. The van der Waals surface area contributed by atoms with Crippen LogP contribution < -0.4 is 14.8 Å². The number of hydrogen-bond donors (Lipinski definition) is 1. The lowest BCUT2D eigenvalue weighted by Crippen LogP contribution is -2.30. The molecule has 0 saturated heterocycles. The molecule has 0 atom stereocenters. The monoisotopic (exact) mass is 429 g/mol. The van der Waals surface area contributed by atoms with Crippen LogP contribution in [0.3, 0.4) is 0 Å². The number of ether oxygens (including phenoxy) is 2. The Kier molecular flexibility index (Phi) is 9.04. The van der Waals surface area contributed by atoms with Crippen molar-refractivity contribution in [2.75, 3.05) is 7.11 Å². The van der Waals surface area contributed by atoms with E-state index < -0.39 is 0 Å². The average molecular weight is 431 g/mol. The Bertz CT molecular complexity index is 713. The van der Waals surface area contributed by atoms with Gasteiger partial charge in [-0.1, -0.05) is 54.6 Å². The molecule has 1 saturated carbocycles. The van der Waals surface area contributed by atoms with Gasteiger partial charge < -0.3 is 14.8 Å². The van der Waals surface area contributed by atoms with Crippen molar-refractivity contribution < 1.29 is 9.47 Å². The summed E-state index contributed by atoms with van der Waals surface area (Å²) in [7, 11) is 1.66. The van der Waals surface area contributed by atoms with Crippen molar-refractivity contribution in [3.8, 4) is 11.5 Å². The van der Waals surface area contributed by atoms with E-state index in [2.05, 4.69) is 11.4 Å². The molecular formula is C21H26Cl3NO2. The van der Waals surface area contributed by atoms with Gasteiger partial charge in [-0.15, -0.1) is 12.4 Å². The maximum atomic E-state index is 6.21. The molecular weight excluding hydrogens is 405 g/mol. The van der Waals surface area contributed by atoms with E-state index in [9.17, 15) is 0 Å². The Morgan fingerprint density at radius 1 is 1.00 bits per heavy atom. The van der Waals surface area contributed by atoms with Gasteiger partial charge in [0.15, 0.2) is 11.5 Å². The summed E-state index contributed by atoms with van der Waals surface area (Å²) in [6.45, 7) is 1.15. The molecule has 27 heavy (non-hydrogen) atoms. The highest BCUT2D eigenvalue weighted by atomic mass is 35.5. The molecule has 148 valence electrons. The lowest BCUT2D eigenvalue weighted by molar-refractivity contribution is 0.284. The van der Waals surface area contributed by atoms with Gasteiger partial charge in [-0.05, 0) is 42.7 Å². The smallest absolute Gasteiger partial charge is 0.161 e. The molecule has 0 spiro atoms. The van der Waals surface area contributed by atoms with Crippen molar-refractivity contribution in [1.82, 2.24) is 5.32 Å². The summed E-state index contributed by atoms with van der Waals surface area (Å²) < 4.78 is 11.4. The van der Waals surface area contributed by atoms with Crippen LogP contribution in [0, 0.1) is 0 Å². The Morgan fingerprint density at radius 3 is 2.37 bits per heavy atom. The van der Waals surface area contributed by atoms with Gasteiger partial charge in [0, 0.05) is 28.2 Å². The van der Waals surface area contributed by atoms with Crippen LogP contribution in [-0.2, 0) is 13.2 Å². The van der Waals surface area contributed by atoms with E-state index in [1.54, 1.807) is 7.11 Å². The van der Waals surface area contributed by atoms with Crippen molar-refractivity contribution in [2.24, 2.45) is 0 Å². The molecule has 0 bridgehead atoms. The molecule has 3 rings (SSSR count). The summed E-state index contributed by atoms with van der Waals surface area (Å²) in [6.07, 6.45) is 6.58. The number of rotatable bonds is 7. The molecule has 3 nitrogen and oxygen atoms in total. The standard InChI is InChI=1S/C21H25Cl2NO2.ClH/c1-25-21-12-15(13-24-16-6-3-2-4-7-16)10-11-20(21)26-14-17-18(22)8-5-9-19(17)23;/h5,8-12,16,24H,2-4,6-7,13-14H2,1H3;1H. The molecule has 0 amide bonds. The van der Waals surface area contributed by atoms with Gasteiger partial charge in [-0.25, -0.2) is 0 Å². The highest BCUT2D eigenvalue weighted by Crippen LogP contribution is 2.31. The number of nitrogens with one attached hydrogen (secondary N) is 1. The lowest BCUT2D eigenvalue weighted by atomic mass is 9.95. The second kappa shape index (κ2) is 11.0. The topological polar surface area (TPSA) is 30.5 Å². The zero-order valence-corrected chi connectivity index (χ0v) is 17.8. The molecule has 6 heteroatoms. The first-order valence-electron chi connectivity index (χ1n) is 9.13. The summed E-state index contributed by atoms with van der Waals surface area (Å²) in [6, 6.07) is 12.1. The minimum Gasteiger partial charge on any atom is -0.493 e. The highest BCUT2D eigenvalue weighted by molar-refractivity contribution is 6.35. The Labute approximate surface area is 177 Å². The third kappa shape index (κ3) is 6.18. The van der Waals surface area contributed by atoms with Gasteiger partial charge >= 0.3 is 0 Å². The minimum absolute atomic E-state index is 0. The summed E-state index contributed by atoms with van der Waals surface area (Å²) >= 11 is 12.4. The molecule has 1 aliphatic rings. The number of benzene rings is 2. The van der Waals surface area contributed by atoms with Crippen molar-refractivity contribution in [3.63, 3.8) is 0 Å². The number of halogens is 3. The molecule has 0 heterocycles. The zero-order chi connectivity index (χ0) is 18.4. The Hall–Kier alpha value is -1.13. The summed E-state index contributed by atoms with van der Waals surface area (Å²) in [5, 5.41) is 4.85. The molecule has 2 aromatic carbocycles. The van der Waals surface area contributed by atoms with Gasteiger partial charge in [0.1, 0.15) is 6.61 Å². The molecule has 1 aliphatic carbocycles. The SMILES string of the molecule is COc1cc(CNC2CCCCC2)ccc1OCc1c(Cl)cccc1Cl.Cl. The largest absolute Gasteiger partial charge is 0.493 e. The van der Waals surface area contributed by atoms with Crippen molar-refractivity contribution >= 4 is 35.6 Å². The fourth-order valence-corrected chi connectivity index (χ4v) is 3.84. The zero-order valence-electron chi connectivity index (χ0n) is 15.5. The molecule has 2 aromatic rings. The summed E-state index contributed by atoms with van der Waals surface area (Å²) in [5.41, 5.74) is 1.97. The van der Waals surface area contributed by atoms with E-state index >= 15 is 0 Å². The van der Waals surface area contributed by atoms with Crippen LogP contribution in [0.1, 0.15) is 43.2 Å². The normalized spacial score (nSPS) is 14.5. The van der Waals surface area contributed by atoms with Crippen molar-refractivity contribution in [2.45, 2.75) is 51.3 Å². The summed E-state index contributed by atoms with van der Waals surface area (Å²) in [5.74, 6) is 1.40. The predicted octanol–water partition coefficient (Wildman–Crippen LogP) is 6.43. The maximum Gasteiger partial charge on any atom is 0.161 e. The number of methoxy groups -OCH3 is 1. The van der Waals surface area contributed by atoms with E-state index in [0.29, 0.717) is 28.4 Å².